The Balaban J connectivity index is 1.06. The molecule has 1 unspecified atom stereocenters. The van der Waals surface area contributed by atoms with E-state index in [1.807, 2.05) is 0 Å². The summed E-state index contributed by atoms with van der Waals surface area (Å²) in [6, 6.07) is 0. The van der Waals surface area contributed by atoms with Crippen LogP contribution in [-0.2, 0) is 18.9 Å². The molecule has 4 saturated carbocycles. The van der Waals surface area contributed by atoms with Gasteiger partial charge in [-0.3, -0.25) is 0 Å². The molecule has 1 spiro atoms. The highest BCUT2D eigenvalue weighted by Crippen LogP contribution is 2.71. The van der Waals surface area contributed by atoms with Crippen molar-refractivity contribution in [3.63, 3.8) is 0 Å². The molecule has 48 heavy (non-hydrogen) atoms. The molecule has 0 radical (unpaired) electrons. The summed E-state index contributed by atoms with van der Waals surface area (Å²) in [6.07, 6.45) is 21.0. The summed E-state index contributed by atoms with van der Waals surface area (Å²) in [7, 11) is 0. The van der Waals surface area contributed by atoms with Gasteiger partial charge in [0.15, 0.2) is 11.6 Å². The summed E-state index contributed by atoms with van der Waals surface area (Å²) < 4.78 is 26.4. The van der Waals surface area contributed by atoms with Crippen LogP contribution in [0.15, 0.2) is 0 Å². The third-order valence-electron chi connectivity index (χ3n) is 15.5. The normalized spacial score (nSPS) is 42.1. The Bertz CT molecular complexity index is 1040. The van der Waals surface area contributed by atoms with Crippen molar-refractivity contribution in [2.45, 2.75) is 200 Å². The molecule has 0 aromatic carbocycles. The maximum Gasteiger partial charge on any atom is 0.172 e. The molecule has 6 heteroatoms. The van der Waals surface area contributed by atoms with Crippen LogP contribution in [0.4, 0.5) is 0 Å². The zero-order valence-electron chi connectivity index (χ0n) is 32.0. The van der Waals surface area contributed by atoms with Crippen LogP contribution in [0.2, 0.25) is 0 Å². The van der Waals surface area contributed by atoms with Crippen LogP contribution in [0.1, 0.15) is 164 Å². The van der Waals surface area contributed by atoms with E-state index in [2.05, 4.69) is 48.5 Å². The van der Waals surface area contributed by atoms with Crippen molar-refractivity contribution < 1.29 is 29.2 Å². The van der Waals surface area contributed by atoms with Gasteiger partial charge in [0, 0.05) is 12.3 Å². The molecule has 2 N–H and O–H groups in total. The zero-order valence-corrected chi connectivity index (χ0v) is 32.0. The van der Waals surface area contributed by atoms with Crippen molar-refractivity contribution in [2.75, 3.05) is 13.2 Å². The second kappa shape index (κ2) is 15.0. The smallest absolute Gasteiger partial charge is 0.172 e. The molecule has 0 aromatic heterocycles. The highest BCUT2D eigenvalue weighted by atomic mass is 16.8. The van der Waals surface area contributed by atoms with Crippen LogP contribution in [-0.4, -0.2) is 59.4 Å². The number of hydrogen-bond donors (Lipinski definition) is 2. The first-order valence-electron chi connectivity index (χ1n) is 20.8. The molecule has 6 rings (SSSR count). The van der Waals surface area contributed by atoms with Gasteiger partial charge < -0.3 is 29.2 Å². The van der Waals surface area contributed by atoms with Crippen molar-refractivity contribution in [1.29, 1.82) is 0 Å². The lowest BCUT2D eigenvalue weighted by atomic mass is 9.42. The fraction of sp³-hybridized carbons (Fsp3) is 1.00. The van der Waals surface area contributed by atoms with E-state index in [1.54, 1.807) is 0 Å². The van der Waals surface area contributed by atoms with E-state index in [4.69, 9.17) is 18.9 Å². The molecule has 0 amide bonds. The Morgan fingerprint density at radius 3 is 1.96 bits per heavy atom. The molecule has 13 atom stereocenters. The van der Waals surface area contributed by atoms with E-state index >= 15 is 0 Å². The Labute approximate surface area is 294 Å². The fourth-order valence-electron chi connectivity index (χ4n) is 13.0. The number of ether oxygens (including phenoxy) is 4. The van der Waals surface area contributed by atoms with Gasteiger partial charge in [0.25, 0.3) is 0 Å². The number of aliphatic hydroxyl groups excluding tert-OH is 2. The minimum Gasteiger partial charge on any atom is -0.390 e. The van der Waals surface area contributed by atoms with Crippen molar-refractivity contribution in [3.05, 3.63) is 0 Å². The van der Waals surface area contributed by atoms with Gasteiger partial charge in [-0.05, 0) is 105 Å². The minimum absolute atomic E-state index is 0.0863. The average Bonchev–Trinajstić information content (AvgIpc) is 3.74. The van der Waals surface area contributed by atoms with Crippen LogP contribution in [0.5, 0.6) is 0 Å². The van der Waals surface area contributed by atoms with Crippen molar-refractivity contribution in [2.24, 2.45) is 52.3 Å². The van der Waals surface area contributed by atoms with Gasteiger partial charge in [-0.15, -0.1) is 0 Å². The molecule has 6 aliphatic rings. The van der Waals surface area contributed by atoms with E-state index in [0.29, 0.717) is 42.8 Å². The van der Waals surface area contributed by atoms with E-state index in [-0.39, 0.29) is 34.9 Å². The largest absolute Gasteiger partial charge is 0.390 e. The van der Waals surface area contributed by atoms with Gasteiger partial charge in [-0.1, -0.05) is 98.8 Å². The first-order chi connectivity index (χ1) is 22.9. The Morgan fingerprint density at radius 1 is 0.688 bits per heavy atom. The zero-order chi connectivity index (χ0) is 34.3. The van der Waals surface area contributed by atoms with Crippen molar-refractivity contribution in [1.82, 2.24) is 0 Å². The van der Waals surface area contributed by atoms with Crippen LogP contribution >= 0.6 is 0 Å². The molecule has 6 nitrogen and oxygen atoms in total. The monoisotopic (exact) mass is 675 g/mol. The highest BCUT2D eigenvalue weighted by Gasteiger charge is 2.70. The van der Waals surface area contributed by atoms with Crippen LogP contribution in [0, 0.1) is 52.3 Å². The summed E-state index contributed by atoms with van der Waals surface area (Å²) in [5, 5.41) is 23.1. The van der Waals surface area contributed by atoms with Gasteiger partial charge in [-0.25, -0.2) is 0 Å². The van der Waals surface area contributed by atoms with Gasteiger partial charge in [0.2, 0.25) is 0 Å². The first-order valence-corrected chi connectivity index (χ1v) is 20.8. The maximum atomic E-state index is 11.7. The Morgan fingerprint density at radius 2 is 1.29 bits per heavy atom. The van der Waals surface area contributed by atoms with Gasteiger partial charge in [0.1, 0.15) is 0 Å². The second-order valence-corrected chi connectivity index (χ2v) is 18.8. The number of aliphatic hydroxyl groups is 2. The SMILES string of the molecule is CCCCCCCCCCCC[C@H](C)[C@@H](O)[C@H](O)[C@@H](C)[C@H]1CC[C@H]2[C@@H]3CC4(OCCO4)C4C[C@@H]5OC(C)(C)O[C@@H]5C[C@]4(C)[C@H]3CC[C@]12C. The van der Waals surface area contributed by atoms with Gasteiger partial charge in [-0.2, -0.15) is 0 Å². The van der Waals surface area contributed by atoms with E-state index in [1.165, 1.54) is 77.0 Å². The predicted molar refractivity (Wildman–Crippen MR) is 191 cm³/mol. The third kappa shape index (κ3) is 7.08. The van der Waals surface area contributed by atoms with Crippen molar-refractivity contribution >= 4 is 0 Å². The number of hydrogen-bond acceptors (Lipinski definition) is 6. The molecule has 4 aliphatic carbocycles. The molecule has 6 fully saturated rings. The van der Waals surface area contributed by atoms with Crippen molar-refractivity contribution in [3.8, 4) is 0 Å². The van der Waals surface area contributed by atoms with E-state index in [0.717, 1.165) is 38.5 Å². The Hall–Kier alpha value is -0.240. The number of unbranched alkanes of at least 4 members (excludes halogenated alkanes) is 9. The lowest BCUT2D eigenvalue weighted by Gasteiger charge is -2.65. The van der Waals surface area contributed by atoms with E-state index in [9.17, 15) is 10.2 Å². The average molecular weight is 675 g/mol. The first kappa shape index (κ1) is 37.5. The standard InChI is InChI=1S/C42H74O6/c1-8-9-10-11-12-13-14-15-16-17-18-28(2)37(43)38(44)29(3)31-19-20-32-30-26-42(45-23-24-46-42)36-25-34-35(48-39(4,5)47-34)27-41(36,7)33(30)21-22-40(31,32)6/h28-38,43-44H,8-27H2,1-7H3/t28-,29-,30-,31+,32-,33-,34-,35+,36?,37+,38+,40+,41+/m0/s1. The summed E-state index contributed by atoms with van der Waals surface area (Å²) in [6.45, 7) is 17.3. The van der Waals surface area contributed by atoms with Gasteiger partial charge >= 0.3 is 0 Å². The molecular weight excluding hydrogens is 600 g/mol. The maximum absolute atomic E-state index is 11.7. The minimum atomic E-state index is -0.666. The fourth-order valence-corrected chi connectivity index (χ4v) is 13.0. The van der Waals surface area contributed by atoms with E-state index < -0.39 is 23.8 Å². The molecule has 0 bridgehead atoms. The molecular formula is C42H74O6. The predicted octanol–water partition coefficient (Wildman–Crippen LogP) is 9.43. The lowest BCUT2D eigenvalue weighted by Crippen LogP contribution is -2.65. The number of fused-ring (bicyclic) bond motifs is 7. The topological polar surface area (TPSA) is 77.4 Å². The summed E-state index contributed by atoms with van der Waals surface area (Å²) in [5.41, 5.74) is 0.249. The second-order valence-electron chi connectivity index (χ2n) is 18.8. The Kier molecular flexibility index (Phi) is 11.7. The molecule has 2 heterocycles. The van der Waals surface area contributed by atoms with Crippen LogP contribution < -0.4 is 0 Å². The summed E-state index contributed by atoms with van der Waals surface area (Å²) >= 11 is 0. The molecule has 2 aliphatic heterocycles. The summed E-state index contributed by atoms with van der Waals surface area (Å²) in [5.74, 6) is 1.68. The third-order valence-corrected chi connectivity index (χ3v) is 15.5. The molecule has 278 valence electrons. The quantitative estimate of drug-likeness (QED) is 0.169. The highest BCUT2D eigenvalue weighted by molar-refractivity contribution is 5.16. The van der Waals surface area contributed by atoms with Crippen LogP contribution in [0.25, 0.3) is 0 Å². The summed E-state index contributed by atoms with van der Waals surface area (Å²) in [4.78, 5) is 0. The lowest BCUT2D eigenvalue weighted by molar-refractivity contribution is -0.301. The van der Waals surface area contributed by atoms with Crippen LogP contribution in [0.3, 0.4) is 0 Å². The molecule has 0 aromatic rings. The molecule has 2 saturated heterocycles. The number of rotatable bonds is 15. The van der Waals surface area contributed by atoms with Gasteiger partial charge in [0.05, 0.1) is 37.6 Å².